The number of rotatable bonds is 9. The Kier molecular flexibility index (Phi) is 7.65. The second-order valence-corrected chi connectivity index (χ2v) is 7.66. The van der Waals surface area contributed by atoms with Crippen molar-refractivity contribution < 1.29 is 23.7 Å². The van der Waals surface area contributed by atoms with Gasteiger partial charge in [0.1, 0.15) is 5.75 Å². The van der Waals surface area contributed by atoms with Gasteiger partial charge >= 0.3 is 0 Å². The van der Waals surface area contributed by atoms with Crippen LogP contribution in [0.5, 0.6) is 23.0 Å². The summed E-state index contributed by atoms with van der Waals surface area (Å²) in [6, 6.07) is 20.4. The van der Waals surface area contributed by atoms with E-state index in [1.165, 1.54) is 20.4 Å². The van der Waals surface area contributed by atoms with Gasteiger partial charge in [-0.15, -0.1) is 0 Å². The van der Waals surface area contributed by atoms with E-state index in [0.717, 1.165) is 16.7 Å². The number of amides is 1. The Hall–Kier alpha value is -4.59. The number of hydrogen-bond donors (Lipinski definition) is 1. The van der Waals surface area contributed by atoms with E-state index < -0.39 is 0 Å². The lowest BCUT2D eigenvalue weighted by atomic mass is 10.0. The number of carbonyl (C=O) groups is 1. The minimum absolute atomic E-state index is 0.369. The second kappa shape index (κ2) is 11.2. The standard InChI is InChI=1S/C28H27N3O5/c1-5-36-20-10-8-9-18(15-20)24-16-22(21-11-6-7-12-23(21)30-24)28(32)31-29-17-19-13-14-25(33-2)27(35-4)26(19)34-3/h6-17H,5H2,1-4H3,(H,31,32)/b29-17-. The maximum absolute atomic E-state index is 13.2. The van der Waals surface area contributed by atoms with E-state index >= 15 is 0 Å². The third kappa shape index (κ3) is 5.07. The number of hydrogen-bond acceptors (Lipinski definition) is 7. The average molecular weight is 486 g/mol. The van der Waals surface area contributed by atoms with Crippen molar-refractivity contribution in [2.45, 2.75) is 6.92 Å². The van der Waals surface area contributed by atoms with E-state index in [9.17, 15) is 4.79 Å². The summed E-state index contributed by atoms with van der Waals surface area (Å²) in [5.41, 5.74) is 5.89. The van der Waals surface area contributed by atoms with Gasteiger partial charge in [0.25, 0.3) is 5.91 Å². The largest absolute Gasteiger partial charge is 0.494 e. The first-order valence-electron chi connectivity index (χ1n) is 11.3. The summed E-state index contributed by atoms with van der Waals surface area (Å²) in [5, 5.41) is 4.88. The van der Waals surface area contributed by atoms with Crippen molar-refractivity contribution in [2.75, 3.05) is 27.9 Å². The van der Waals surface area contributed by atoms with Gasteiger partial charge in [0, 0.05) is 16.5 Å². The molecule has 0 aliphatic rings. The number of benzene rings is 3. The van der Waals surface area contributed by atoms with Crippen LogP contribution in [0.25, 0.3) is 22.2 Å². The highest BCUT2D eigenvalue weighted by atomic mass is 16.5. The average Bonchev–Trinajstić information content (AvgIpc) is 2.92. The highest BCUT2D eigenvalue weighted by molar-refractivity contribution is 6.07. The zero-order valence-electron chi connectivity index (χ0n) is 20.6. The van der Waals surface area contributed by atoms with Crippen LogP contribution < -0.4 is 24.4 Å². The quantitative estimate of drug-likeness (QED) is 0.262. The smallest absolute Gasteiger partial charge is 0.272 e. The Morgan fingerprint density at radius 2 is 1.75 bits per heavy atom. The highest BCUT2D eigenvalue weighted by Crippen LogP contribution is 2.39. The monoisotopic (exact) mass is 485 g/mol. The number of nitrogens with zero attached hydrogens (tertiary/aromatic N) is 2. The van der Waals surface area contributed by atoms with Gasteiger partial charge in [0.05, 0.1) is 50.9 Å². The molecule has 36 heavy (non-hydrogen) atoms. The lowest BCUT2D eigenvalue weighted by Crippen LogP contribution is -2.18. The highest BCUT2D eigenvalue weighted by Gasteiger charge is 2.16. The van der Waals surface area contributed by atoms with Crippen molar-refractivity contribution in [3.8, 4) is 34.3 Å². The molecule has 0 aliphatic carbocycles. The van der Waals surface area contributed by atoms with Crippen molar-refractivity contribution >= 4 is 23.0 Å². The first kappa shape index (κ1) is 24.5. The number of carbonyl (C=O) groups excluding carboxylic acids is 1. The molecule has 0 fully saturated rings. The summed E-state index contributed by atoms with van der Waals surface area (Å²) in [5.74, 6) is 1.78. The molecule has 8 heteroatoms. The Morgan fingerprint density at radius 1 is 0.944 bits per heavy atom. The molecule has 0 atom stereocenters. The first-order valence-corrected chi connectivity index (χ1v) is 11.3. The molecule has 4 aromatic rings. The molecule has 4 rings (SSSR count). The molecule has 1 N–H and O–H groups in total. The topological polar surface area (TPSA) is 91.3 Å². The third-order valence-corrected chi connectivity index (χ3v) is 5.51. The molecule has 1 amide bonds. The van der Waals surface area contributed by atoms with E-state index in [1.54, 1.807) is 25.3 Å². The number of nitrogens with one attached hydrogen (secondary N) is 1. The molecule has 0 saturated heterocycles. The molecule has 8 nitrogen and oxygen atoms in total. The van der Waals surface area contributed by atoms with Gasteiger partial charge < -0.3 is 18.9 Å². The number of pyridine rings is 1. The predicted octanol–water partition coefficient (Wildman–Crippen LogP) is 5.09. The van der Waals surface area contributed by atoms with Gasteiger partial charge in [0.15, 0.2) is 11.5 Å². The van der Waals surface area contributed by atoms with Crippen LogP contribution in [-0.2, 0) is 0 Å². The van der Waals surface area contributed by atoms with Crippen molar-refractivity contribution in [1.82, 2.24) is 10.4 Å². The van der Waals surface area contributed by atoms with E-state index in [0.29, 0.717) is 46.2 Å². The van der Waals surface area contributed by atoms with Crippen molar-refractivity contribution in [2.24, 2.45) is 5.10 Å². The van der Waals surface area contributed by atoms with Crippen LogP contribution in [0.2, 0.25) is 0 Å². The maximum atomic E-state index is 13.2. The molecule has 1 aromatic heterocycles. The molecule has 0 unspecified atom stereocenters. The van der Waals surface area contributed by atoms with Crippen LogP contribution in [-0.4, -0.2) is 45.0 Å². The van der Waals surface area contributed by atoms with Crippen molar-refractivity contribution in [1.29, 1.82) is 0 Å². The number of methoxy groups -OCH3 is 3. The molecular formula is C28H27N3O5. The Morgan fingerprint density at radius 3 is 2.50 bits per heavy atom. The van der Waals surface area contributed by atoms with Crippen LogP contribution in [0, 0.1) is 0 Å². The van der Waals surface area contributed by atoms with Gasteiger partial charge in [-0.3, -0.25) is 4.79 Å². The molecule has 0 aliphatic heterocycles. The second-order valence-electron chi connectivity index (χ2n) is 7.66. The molecular weight excluding hydrogens is 458 g/mol. The summed E-state index contributed by atoms with van der Waals surface area (Å²) >= 11 is 0. The third-order valence-electron chi connectivity index (χ3n) is 5.51. The minimum atomic E-state index is -0.369. The fourth-order valence-electron chi connectivity index (χ4n) is 3.87. The maximum Gasteiger partial charge on any atom is 0.272 e. The van der Waals surface area contributed by atoms with Crippen LogP contribution >= 0.6 is 0 Å². The minimum Gasteiger partial charge on any atom is -0.494 e. The van der Waals surface area contributed by atoms with Crippen molar-refractivity contribution in [3.05, 3.63) is 77.9 Å². The van der Waals surface area contributed by atoms with E-state index in [1.807, 2.05) is 55.5 Å². The van der Waals surface area contributed by atoms with Crippen LogP contribution in [0.3, 0.4) is 0 Å². The lowest BCUT2D eigenvalue weighted by Gasteiger charge is -2.13. The lowest BCUT2D eigenvalue weighted by molar-refractivity contribution is 0.0956. The normalized spacial score (nSPS) is 10.9. The molecule has 184 valence electrons. The summed E-state index contributed by atoms with van der Waals surface area (Å²) in [6.07, 6.45) is 1.49. The van der Waals surface area contributed by atoms with Crippen LogP contribution in [0.1, 0.15) is 22.8 Å². The first-order chi connectivity index (χ1) is 17.6. The van der Waals surface area contributed by atoms with E-state index in [2.05, 4.69) is 10.5 Å². The van der Waals surface area contributed by atoms with Gasteiger partial charge in [-0.05, 0) is 43.3 Å². The van der Waals surface area contributed by atoms with Crippen LogP contribution in [0.15, 0.2) is 71.8 Å². The molecule has 0 bridgehead atoms. The summed E-state index contributed by atoms with van der Waals surface area (Å²) in [6.45, 7) is 2.49. The zero-order valence-corrected chi connectivity index (χ0v) is 20.6. The van der Waals surface area contributed by atoms with E-state index in [-0.39, 0.29) is 5.91 Å². The summed E-state index contributed by atoms with van der Waals surface area (Å²) in [4.78, 5) is 18.0. The fourth-order valence-corrected chi connectivity index (χ4v) is 3.87. The molecule has 3 aromatic carbocycles. The Labute approximate surface area is 209 Å². The zero-order chi connectivity index (χ0) is 25.5. The van der Waals surface area contributed by atoms with Gasteiger partial charge in [0.2, 0.25) is 5.75 Å². The molecule has 1 heterocycles. The predicted molar refractivity (Wildman–Crippen MR) is 140 cm³/mol. The van der Waals surface area contributed by atoms with Gasteiger partial charge in [-0.1, -0.05) is 30.3 Å². The number of ether oxygens (including phenoxy) is 4. The number of para-hydroxylation sites is 1. The van der Waals surface area contributed by atoms with Gasteiger partial charge in [-0.2, -0.15) is 5.10 Å². The van der Waals surface area contributed by atoms with Gasteiger partial charge in [-0.25, -0.2) is 10.4 Å². The van der Waals surface area contributed by atoms with Crippen molar-refractivity contribution in [3.63, 3.8) is 0 Å². The Balaban J connectivity index is 1.66. The molecule has 0 radical (unpaired) electrons. The molecule has 0 saturated carbocycles. The summed E-state index contributed by atoms with van der Waals surface area (Å²) in [7, 11) is 4.60. The summed E-state index contributed by atoms with van der Waals surface area (Å²) < 4.78 is 21.8. The number of hydrazone groups is 1. The number of fused-ring (bicyclic) bond motifs is 1. The Bertz CT molecular complexity index is 1420. The fraction of sp³-hybridized carbons (Fsp3) is 0.179. The van der Waals surface area contributed by atoms with Crippen LogP contribution in [0.4, 0.5) is 0 Å². The molecule has 0 spiro atoms. The number of aromatic nitrogens is 1. The SMILES string of the molecule is CCOc1cccc(-c2cc(C(=O)N/N=C\c3ccc(OC)c(OC)c3OC)c3ccccc3n2)c1. The van der Waals surface area contributed by atoms with E-state index in [4.69, 9.17) is 23.9 Å².